The zero-order valence-electron chi connectivity index (χ0n) is 21.7. The molecule has 10 heteroatoms. The number of carbonyl (C=O) groups excluding carboxylic acids is 3. The molecule has 1 aromatic rings. The highest BCUT2D eigenvalue weighted by molar-refractivity contribution is 14.1. The van der Waals surface area contributed by atoms with Gasteiger partial charge in [-0.05, 0) is 78.3 Å². The van der Waals surface area contributed by atoms with E-state index in [4.69, 9.17) is 9.47 Å². The normalized spacial score (nSPS) is 23.5. The first-order valence-electron chi connectivity index (χ1n) is 13.4. The summed E-state index contributed by atoms with van der Waals surface area (Å²) in [6, 6.07) is 2.58. The number of hydrogen-bond acceptors (Lipinski definition) is 7. The van der Waals surface area contributed by atoms with Crippen molar-refractivity contribution in [2.45, 2.75) is 69.6 Å². The highest BCUT2D eigenvalue weighted by Gasteiger charge is 2.42. The van der Waals surface area contributed by atoms with Crippen LogP contribution in [0.5, 0.6) is 11.5 Å². The van der Waals surface area contributed by atoms with Crippen molar-refractivity contribution in [1.82, 2.24) is 10.2 Å². The van der Waals surface area contributed by atoms with Crippen molar-refractivity contribution in [2.24, 2.45) is 11.8 Å². The highest BCUT2D eigenvalue weighted by Crippen LogP contribution is 2.38. The predicted molar refractivity (Wildman–Crippen MR) is 149 cm³/mol. The van der Waals surface area contributed by atoms with Gasteiger partial charge in [-0.2, -0.15) is 0 Å². The molecule has 3 N–H and O–H groups in total. The SMILES string of the molecule is COc1cc(C=O)cc(I)c1OC1C=C(C(=O)NCCO)CC(N(CC2CC2)C(=O)CC2CCCC2)C1O. The number of amides is 2. The molecule has 0 saturated heterocycles. The van der Waals surface area contributed by atoms with E-state index in [1.54, 1.807) is 23.1 Å². The van der Waals surface area contributed by atoms with Gasteiger partial charge in [0.2, 0.25) is 11.8 Å². The minimum Gasteiger partial charge on any atom is -0.493 e. The van der Waals surface area contributed by atoms with E-state index in [0.29, 0.717) is 51.0 Å². The van der Waals surface area contributed by atoms with Gasteiger partial charge in [0, 0.05) is 37.1 Å². The Morgan fingerprint density at radius 1 is 1.18 bits per heavy atom. The maximum Gasteiger partial charge on any atom is 0.247 e. The number of methoxy groups -OCH3 is 1. The molecule has 4 rings (SSSR count). The summed E-state index contributed by atoms with van der Waals surface area (Å²) in [5, 5.41) is 23.5. The molecule has 3 unspecified atom stereocenters. The molecule has 0 radical (unpaired) electrons. The Morgan fingerprint density at radius 3 is 2.55 bits per heavy atom. The average Bonchev–Trinajstić information content (AvgIpc) is 3.60. The van der Waals surface area contributed by atoms with Crippen LogP contribution in [0.25, 0.3) is 0 Å². The van der Waals surface area contributed by atoms with Crippen LogP contribution in [0, 0.1) is 15.4 Å². The van der Waals surface area contributed by atoms with Crippen LogP contribution >= 0.6 is 22.6 Å². The number of aliphatic hydroxyl groups is 2. The minimum atomic E-state index is -1.08. The van der Waals surface area contributed by atoms with Gasteiger partial charge in [0.15, 0.2) is 11.5 Å². The zero-order valence-corrected chi connectivity index (χ0v) is 23.9. The molecule has 38 heavy (non-hydrogen) atoms. The summed E-state index contributed by atoms with van der Waals surface area (Å²) in [7, 11) is 1.47. The number of hydrogen-bond donors (Lipinski definition) is 3. The second kappa shape index (κ2) is 13.3. The molecule has 0 bridgehead atoms. The van der Waals surface area contributed by atoms with Crippen LogP contribution in [0.2, 0.25) is 0 Å². The standard InChI is InChI=1S/C28H37IN2O7/c1-37-24-11-19(16-33)10-21(29)27(24)38-23-14-20(28(36)30-8-9-32)13-22(26(23)35)31(15-18-6-7-18)25(34)12-17-4-2-3-5-17/h10-11,14,16-18,22-23,26,32,35H,2-9,12-13,15H2,1H3,(H,30,36). The number of nitrogens with one attached hydrogen (secondary N) is 1. The van der Waals surface area contributed by atoms with Crippen LogP contribution in [0.3, 0.4) is 0 Å². The van der Waals surface area contributed by atoms with Gasteiger partial charge in [0.25, 0.3) is 0 Å². The lowest BCUT2D eigenvalue weighted by atomic mass is 9.87. The number of nitrogens with zero attached hydrogens (tertiary/aromatic N) is 1. The fourth-order valence-corrected chi connectivity index (χ4v) is 6.17. The third kappa shape index (κ3) is 7.06. The van der Waals surface area contributed by atoms with E-state index < -0.39 is 18.2 Å². The van der Waals surface area contributed by atoms with Gasteiger partial charge in [0.05, 0.1) is 23.3 Å². The minimum absolute atomic E-state index is 0.0195. The summed E-state index contributed by atoms with van der Waals surface area (Å²) in [6.45, 7) is 0.456. The first-order chi connectivity index (χ1) is 18.3. The Morgan fingerprint density at radius 2 is 1.92 bits per heavy atom. The van der Waals surface area contributed by atoms with Gasteiger partial charge in [-0.15, -0.1) is 0 Å². The lowest BCUT2D eigenvalue weighted by Crippen LogP contribution is -2.55. The Balaban J connectivity index is 1.65. The van der Waals surface area contributed by atoms with E-state index in [1.165, 1.54) is 7.11 Å². The van der Waals surface area contributed by atoms with Crippen molar-refractivity contribution >= 4 is 40.7 Å². The van der Waals surface area contributed by atoms with E-state index in [9.17, 15) is 24.6 Å². The van der Waals surface area contributed by atoms with Crippen LogP contribution in [0.1, 0.15) is 61.7 Å². The van der Waals surface area contributed by atoms with Gasteiger partial charge in [0.1, 0.15) is 18.5 Å². The van der Waals surface area contributed by atoms with Gasteiger partial charge in [-0.25, -0.2) is 0 Å². The predicted octanol–water partition coefficient (Wildman–Crippen LogP) is 2.85. The van der Waals surface area contributed by atoms with Gasteiger partial charge in [-0.3, -0.25) is 14.4 Å². The van der Waals surface area contributed by atoms with Crippen molar-refractivity contribution in [3.05, 3.63) is 32.9 Å². The molecular weight excluding hydrogens is 603 g/mol. The third-order valence-electron chi connectivity index (χ3n) is 7.67. The van der Waals surface area contributed by atoms with Crippen molar-refractivity contribution in [3.63, 3.8) is 0 Å². The summed E-state index contributed by atoms with van der Waals surface area (Å²) in [6.07, 6.45) is 7.42. The monoisotopic (exact) mass is 640 g/mol. The maximum absolute atomic E-state index is 13.6. The first-order valence-corrected chi connectivity index (χ1v) is 14.5. The van der Waals surface area contributed by atoms with Crippen molar-refractivity contribution in [3.8, 4) is 11.5 Å². The molecule has 3 aliphatic carbocycles. The number of ether oxygens (including phenoxy) is 2. The number of benzene rings is 1. The van der Waals surface area contributed by atoms with Crippen LogP contribution in [-0.2, 0) is 9.59 Å². The molecule has 2 saturated carbocycles. The topological polar surface area (TPSA) is 125 Å². The molecule has 2 amide bonds. The Bertz CT molecular complexity index is 1050. The molecule has 3 aliphatic rings. The summed E-state index contributed by atoms with van der Waals surface area (Å²) in [5.74, 6) is 1.11. The molecular formula is C28H37IN2O7. The van der Waals surface area contributed by atoms with E-state index in [-0.39, 0.29) is 31.4 Å². The molecule has 3 atom stereocenters. The number of aldehydes is 1. The lowest BCUT2D eigenvalue weighted by molar-refractivity contribution is -0.140. The molecule has 0 spiro atoms. The van der Waals surface area contributed by atoms with E-state index in [1.807, 2.05) is 22.6 Å². The smallest absolute Gasteiger partial charge is 0.247 e. The highest BCUT2D eigenvalue weighted by atomic mass is 127. The van der Waals surface area contributed by atoms with Crippen molar-refractivity contribution in [2.75, 3.05) is 26.8 Å². The largest absolute Gasteiger partial charge is 0.493 e. The number of carbonyl (C=O) groups is 3. The van der Waals surface area contributed by atoms with Crippen LogP contribution in [0.15, 0.2) is 23.8 Å². The molecule has 0 aromatic heterocycles. The van der Waals surface area contributed by atoms with Gasteiger partial charge < -0.3 is 29.9 Å². The fourth-order valence-electron chi connectivity index (χ4n) is 5.42. The molecule has 0 aliphatic heterocycles. The van der Waals surface area contributed by atoms with Crippen LogP contribution < -0.4 is 14.8 Å². The van der Waals surface area contributed by atoms with Gasteiger partial charge in [-0.1, -0.05) is 12.8 Å². The third-order valence-corrected chi connectivity index (χ3v) is 8.47. The molecule has 208 valence electrons. The van der Waals surface area contributed by atoms with Crippen LogP contribution in [-0.4, -0.2) is 78.3 Å². The number of halogens is 1. The maximum atomic E-state index is 13.6. The van der Waals surface area contributed by atoms with E-state index in [2.05, 4.69) is 5.32 Å². The van der Waals surface area contributed by atoms with Gasteiger partial charge >= 0.3 is 0 Å². The van der Waals surface area contributed by atoms with E-state index >= 15 is 0 Å². The fraction of sp³-hybridized carbons (Fsp3) is 0.607. The Hall–Kier alpha value is -2.18. The Kier molecular flexibility index (Phi) is 10.1. The zero-order chi connectivity index (χ0) is 27.2. The second-order valence-corrected chi connectivity index (χ2v) is 11.7. The Labute approximate surface area is 237 Å². The lowest BCUT2D eigenvalue weighted by Gasteiger charge is -2.41. The van der Waals surface area contributed by atoms with E-state index in [0.717, 1.165) is 44.8 Å². The summed E-state index contributed by atoms with van der Waals surface area (Å²) in [4.78, 5) is 39.7. The average molecular weight is 641 g/mol. The number of aliphatic hydroxyl groups excluding tert-OH is 2. The summed E-state index contributed by atoms with van der Waals surface area (Å²) >= 11 is 2.04. The second-order valence-electron chi connectivity index (χ2n) is 10.5. The molecule has 1 aromatic carbocycles. The first kappa shape index (κ1) is 28.8. The number of rotatable bonds is 12. The van der Waals surface area contributed by atoms with Crippen LogP contribution in [0.4, 0.5) is 0 Å². The van der Waals surface area contributed by atoms with Crippen molar-refractivity contribution in [1.29, 1.82) is 0 Å². The molecule has 0 heterocycles. The molecule has 2 fully saturated rings. The summed E-state index contributed by atoms with van der Waals surface area (Å²) in [5.41, 5.74) is 0.820. The van der Waals surface area contributed by atoms with Crippen molar-refractivity contribution < 1.29 is 34.1 Å². The summed E-state index contributed by atoms with van der Waals surface area (Å²) < 4.78 is 12.4. The molecule has 9 nitrogen and oxygen atoms in total. The quantitative estimate of drug-likeness (QED) is 0.237.